The van der Waals surface area contributed by atoms with Crippen LogP contribution in [0.25, 0.3) is 0 Å². The lowest BCUT2D eigenvalue weighted by molar-refractivity contribution is -0.384. The van der Waals surface area contributed by atoms with Gasteiger partial charge in [0.25, 0.3) is 5.69 Å². The molecule has 7 heteroatoms. The first-order chi connectivity index (χ1) is 12.9. The molecule has 1 fully saturated rings. The quantitative estimate of drug-likeness (QED) is 0.626. The summed E-state index contributed by atoms with van der Waals surface area (Å²) in [6.45, 7) is 3.77. The number of nitro groups is 1. The van der Waals surface area contributed by atoms with Gasteiger partial charge in [0, 0.05) is 35.3 Å². The number of non-ortho nitro benzene ring substituents is 1. The average molecular weight is 373 g/mol. The predicted molar refractivity (Wildman–Crippen MR) is 102 cm³/mol. The molecule has 1 N–H and O–H groups in total. The highest BCUT2D eigenvalue weighted by molar-refractivity contribution is 5.98. The molecule has 146 valence electrons. The number of carbonyl (C=O) groups excluding carboxylic acids is 2. The fourth-order valence-electron chi connectivity index (χ4n) is 4.04. The van der Waals surface area contributed by atoms with Crippen molar-refractivity contribution in [1.82, 2.24) is 5.32 Å². The van der Waals surface area contributed by atoms with Gasteiger partial charge in [0.2, 0.25) is 11.8 Å². The molecule has 1 heterocycles. The van der Waals surface area contributed by atoms with Crippen molar-refractivity contribution in [2.75, 3.05) is 4.90 Å². The molecule has 2 unspecified atom stereocenters. The molecule has 0 bridgehead atoms. The highest BCUT2D eigenvalue weighted by Gasteiger charge is 2.37. The molecule has 0 radical (unpaired) electrons. The lowest BCUT2D eigenvalue weighted by Crippen LogP contribution is -2.48. The van der Waals surface area contributed by atoms with E-state index in [0.717, 1.165) is 25.7 Å². The van der Waals surface area contributed by atoms with E-state index >= 15 is 0 Å². The van der Waals surface area contributed by atoms with Crippen molar-refractivity contribution in [2.45, 2.75) is 70.9 Å². The van der Waals surface area contributed by atoms with Crippen LogP contribution in [0.3, 0.4) is 0 Å². The molecule has 1 saturated carbocycles. The van der Waals surface area contributed by atoms with Crippen molar-refractivity contribution in [2.24, 2.45) is 5.92 Å². The number of hydrogen-bond acceptors (Lipinski definition) is 4. The zero-order valence-electron chi connectivity index (χ0n) is 15.9. The van der Waals surface area contributed by atoms with Crippen molar-refractivity contribution in [3.05, 3.63) is 33.9 Å². The van der Waals surface area contributed by atoms with Gasteiger partial charge >= 0.3 is 0 Å². The topological polar surface area (TPSA) is 92.6 Å². The maximum absolute atomic E-state index is 12.9. The van der Waals surface area contributed by atoms with Gasteiger partial charge in [-0.15, -0.1) is 0 Å². The monoisotopic (exact) mass is 373 g/mol. The second-order valence-electron chi connectivity index (χ2n) is 7.63. The molecule has 2 aliphatic rings. The molecule has 1 aliphatic carbocycles. The third-order valence-electron chi connectivity index (χ3n) is 5.82. The van der Waals surface area contributed by atoms with Crippen LogP contribution in [0.1, 0.15) is 70.4 Å². The smallest absolute Gasteiger partial charge is 0.269 e. The molecule has 2 atom stereocenters. The van der Waals surface area contributed by atoms with Crippen molar-refractivity contribution >= 4 is 23.2 Å². The van der Waals surface area contributed by atoms with E-state index in [2.05, 4.69) is 5.32 Å². The van der Waals surface area contributed by atoms with E-state index < -0.39 is 11.0 Å². The SMILES string of the molecule is CCC(C)C(=O)NC1CC(=O)N(C2CCCCC2)c2ccc([N+](=O)[O-])cc21. The number of carbonyl (C=O) groups is 2. The Kier molecular flexibility index (Phi) is 5.77. The summed E-state index contributed by atoms with van der Waals surface area (Å²) < 4.78 is 0. The fourth-order valence-corrected chi connectivity index (χ4v) is 4.04. The van der Waals surface area contributed by atoms with Crippen LogP contribution in [0.5, 0.6) is 0 Å². The van der Waals surface area contributed by atoms with Crippen molar-refractivity contribution in [3.8, 4) is 0 Å². The minimum absolute atomic E-state index is 0.0160. The Morgan fingerprint density at radius 2 is 2.04 bits per heavy atom. The highest BCUT2D eigenvalue weighted by atomic mass is 16.6. The predicted octanol–water partition coefficient (Wildman–Crippen LogP) is 3.87. The minimum atomic E-state index is -0.520. The number of nitro benzene ring substituents is 1. The van der Waals surface area contributed by atoms with Crippen LogP contribution in [-0.4, -0.2) is 22.8 Å². The van der Waals surface area contributed by atoms with Gasteiger partial charge < -0.3 is 10.2 Å². The van der Waals surface area contributed by atoms with E-state index in [0.29, 0.717) is 17.7 Å². The minimum Gasteiger partial charge on any atom is -0.348 e. The summed E-state index contributed by atoms with van der Waals surface area (Å²) in [5.41, 5.74) is 1.36. The molecular weight excluding hydrogens is 346 g/mol. The van der Waals surface area contributed by atoms with Gasteiger partial charge in [-0.2, -0.15) is 0 Å². The van der Waals surface area contributed by atoms with Gasteiger partial charge in [-0.05, 0) is 25.3 Å². The van der Waals surface area contributed by atoms with E-state index in [1.807, 2.05) is 18.7 Å². The van der Waals surface area contributed by atoms with Gasteiger partial charge in [-0.3, -0.25) is 19.7 Å². The van der Waals surface area contributed by atoms with Crippen LogP contribution in [0, 0.1) is 16.0 Å². The molecule has 2 amide bonds. The molecule has 1 aromatic carbocycles. The molecule has 0 saturated heterocycles. The first kappa shape index (κ1) is 19.3. The Bertz CT molecular complexity index is 743. The Morgan fingerprint density at radius 3 is 2.67 bits per heavy atom. The maximum Gasteiger partial charge on any atom is 0.269 e. The van der Waals surface area contributed by atoms with Gasteiger partial charge in [-0.25, -0.2) is 0 Å². The van der Waals surface area contributed by atoms with Gasteiger partial charge in [-0.1, -0.05) is 33.1 Å². The highest BCUT2D eigenvalue weighted by Crippen LogP contribution is 2.40. The van der Waals surface area contributed by atoms with Crippen LogP contribution in [0.4, 0.5) is 11.4 Å². The largest absolute Gasteiger partial charge is 0.348 e. The number of hydrogen-bond donors (Lipinski definition) is 1. The Balaban J connectivity index is 1.98. The Hall–Kier alpha value is -2.44. The summed E-state index contributed by atoms with van der Waals surface area (Å²) in [7, 11) is 0. The standard InChI is InChI=1S/C20H27N3O4/c1-3-13(2)20(25)21-17-12-19(24)22(14-7-5-4-6-8-14)18-10-9-15(23(26)27)11-16(17)18/h9-11,13-14,17H,3-8,12H2,1-2H3,(H,21,25). The molecule has 27 heavy (non-hydrogen) atoms. The maximum atomic E-state index is 12.9. The van der Waals surface area contributed by atoms with E-state index in [-0.39, 0.29) is 35.9 Å². The van der Waals surface area contributed by atoms with Gasteiger partial charge in [0.15, 0.2) is 0 Å². The van der Waals surface area contributed by atoms with E-state index in [9.17, 15) is 19.7 Å². The fraction of sp³-hybridized carbons (Fsp3) is 0.600. The molecule has 7 nitrogen and oxygen atoms in total. The summed E-state index contributed by atoms with van der Waals surface area (Å²) in [5, 5.41) is 14.2. The number of amides is 2. The third-order valence-corrected chi connectivity index (χ3v) is 5.82. The zero-order valence-corrected chi connectivity index (χ0v) is 15.9. The van der Waals surface area contributed by atoms with Crippen LogP contribution in [0.2, 0.25) is 0 Å². The summed E-state index contributed by atoms with van der Waals surface area (Å²) in [6.07, 6.45) is 6.10. The summed E-state index contributed by atoms with van der Waals surface area (Å²) in [6, 6.07) is 4.24. The first-order valence-corrected chi connectivity index (χ1v) is 9.83. The number of rotatable bonds is 5. The molecule has 0 aromatic heterocycles. The second kappa shape index (κ2) is 8.06. The molecular formula is C20H27N3O4. The lowest BCUT2D eigenvalue weighted by atomic mass is 9.88. The van der Waals surface area contributed by atoms with E-state index in [1.165, 1.54) is 18.6 Å². The van der Waals surface area contributed by atoms with E-state index in [4.69, 9.17) is 0 Å². The summed E-state index contributed by atoms with van der Waals surface area (Å²) >= 11 is 0. The molecule has 1 aromatic rings. The van der Waals surface area contributed by atoms with Crippen LogP contribution < -0.4 is 10.2 Å². The lowest BCUT2D eigenvalue weighted by Gasteiger charge is -2.40. The molecule has 3 rings (SSSR count). The van der Waals surface area contributed by atoms with Crippen LogP contribution in [0.15, 0.2) is 18.2 Å². The van der Waals surface area contributed by atoms with Crippen molar-refractivity contribution in [1.29, 1.82) is 0 Å². The molecule has 0 spiro atoms. The normalized spacial score (nSPS) is 21.5. The Labute approximate surface area is 159 Å². The second-order valence-corrected chi connectivity index (χ2v) is 7.63. The third kappa shape index (κ3) is 3.96. The Morgan fingerprint density at radius 1 is 1.33 bits per heavy atom. The molecule has 1 aliphatic heterocycles. The first-order valence-electron chi connectivity index (χ1n) is 9.83. The average Bonchev–Trinajstić information content (AvgIpc) is 2.67. The number of fused-ring (bicyclic) bond motifs is 1. The van der Waals surface area contributed by atoms with Crippen molar-refractivity contribution < 1.29 is 14.5 Å². The summed E-state index contributed by atoms with van der Waals surface area (Å²) in [4.78, 5) is 38.0. The van der Waals surface area contributed by atoms with E-state index in [1.54, 1.807) is 6.07 Å². The van der Waals surface area contributed by atoms with Gasteiger partial charge in [0.1, 0.15) is 0 Å². The summed E-state index contributed by atoms with van der Waals surface area (Å²) in [5.74, 6) is -0.310. The zero-order chi connectivity index (χ0) is 19.6. The number of anilines is 1. The van der Waals surface area contributed by atoms with Crippen LogP contribution in [-0.2, 0) is 9.59 Å². The van der Waals surface area contributed by atoms with Crippen LogP contribution >= 0.6 is 0 Å². The number of nitrogens with zero attached hydrogens (tertiary/aromatic N) is 2. The van der Waals surface area contributed by atoms with Crippen molar-refractivity contribution in [3.63, 3.8) is 0 Å². The van der Waals surface area contributed by atoms with Gasteiger partial charge in [0.05, 0.1) is 17.4 Å². The number of nitrogens with one attached hydrogen (secondary N) is 1. The number of benzene rings is 1.